The summed E-state index contributed by atoms with van der Waals surface area (Å²) in [5.74, 6) is -0.286. The normalized spacial score (nSPS) is 14.9. The maximum absolute atomic E-state index is 13.5. The van der Waals surface area contributed by atoms with E-state index in [1.165, 1.54) is 12.1 Å². The molecule has 1 amide bonds. The number of carbonyl (C=O) groups excluding carboxylic acids is 1. The number of halogens is 1. The van der Waals surface area contributed by atoms with E-state index in [0.717, 1.165) is 10.9 Å². The highest BCUT2D eigenvalue weighted by Gasteiger charge is 2.25. The molecule has 6 heteroatoms. The van der Waals surface area contributed by atoms with Crippen molar-refractivity contribution in [1.82, 2.24) is 9.88 Å². The summed E-state index contributed by atoms with van der Waals surface area (Å²) >= 11 is 0. The lowest BCUT2D eigenvalue weighted by Gasteiger charge is -2.36. The zero-order chi connectivity index (χ0) is 17.4. The van der Waals surface area contributed by atoms with Gasteiger partial charge in [-0.2, -0.15) is 0 Å². The van der Waals surface area contributed by atoms with Crippen LogP contribution in [0.3, 0.4) is 0 Å². The monoisotopic (exact) mass is 338 g/mol. The maximum atomic E-state index is 13.5. The van der Waals surface area contributed by atoms with E-state index in [9.17, 15) is 9.18 Å². The number of anilines is 2. The number of amides is 1. The number of carbonyl (C=O) groups is 1. The van der Waals surface area contributed by atoms with Crippen LogP contribution in [0.5, 0.6) is 0 Å². The predicted molar refractivity (Wildman–Crippen MR) is 97.2 cm³/mol. The van der Waals surface area contributed by atoms with Crippen molar-refractivity contribution < 1.29 is 9.18 Å². The summed E-state index contributed by atoms with van der Waals surface area (Å²) in [6, 6.07) is 12.2. The Morgan fingerprint density at radius 3 is 2.64 bits per heavy atom. The number of para-hydroxylation sites is 1. The Labute approximate surface area is 144 Å². The molecule has 3 aromatic rings. The summed E-state index contributed by atoms with van der Waals surface area (Å²) < 4.78 is 13.5. The summed E-state index contributed by atoms with van der Waals surface area (Å²) in [6.07, 6.45) is 1.77. The predicted octanol–water partition coefficient (Wildman–Crippen LogP) is 2.85. The Balaban J connectivity index is 1.50. The topological polar surface area (TPSA) is 65.4 Å². The third-order valence-electron chi connectivity index (χ3n) is 4.72. The van der Waals surface area contributed by atoms with Crippen LogP contribution in [0.15, 0.2) is 48.7 Å². The first kappa shape index (κ1) is 15.5. The van der Waals surface area contributed by atoms with Crippen LogP contribution in [0, 0.1) is 5.82 Å². The fourth-order valence-corrected chi connectivity index (χ4v) is 3.36. The fraction of sp³-hybridized carbons (Fsp3) is 0.211. The molecule has 0 bridgehead atoms. The highest BCUT2D eigenvalue weighted by atomic mass is 19.1. The first-order valence-electron chi connectivity index (χ1n) is 8.29. The Morgan fingerprint density at radius 1 is 1.08 bits per heavy atom. The lowest BCUT2D eigenvalue weighted by Crippen LogP contribution is -2.49. The SMILES string of the molecule is Nc1ccc(F)cc1N1CCN(C(=O)c2c[nH]c3ccccc23)CC1. The minimum Gasteiger partial charge on any atom is -0.397 e. The maximum Gasteiger partial charge on any atom is 0.256 e. The van der Waals surface area contributed by atoms with Crippen LogP contribution in [-0.4, -0.2) is 42.0 Å². The van der Waals surface area contributed by atoms with E-state index in [1.54, 1.807) is 12.3 Å². The molecule has 1 fully saturated rings. The van der Waals surface area contributed by atoms with Gasteiger partial charge in [-0.15, -0.1) is 0 Å². The number of fused-ring (bicyclic) bond motifs is 1. The van der Waals surface area contributed by atoms with Crippen molar-refractivity contribution in [2.24, 2.45) is 0 Å². The third-order valence-corrected chi connectivity index (χ3v) is 4.72. The Bertz CT molecular complexity index is 928. The standard InChI is InChI=1S/C19H19FN4O/c20-13-5-6-16(21)18(11-13)23-7-9-24(10-8-23)19(25)15-12-22-17-4-2-1-3-14(15)17/h1-6,11-12,22H,7-10,21H2. The highest BCUT2D eigenvalue weighted by Crippen LogP contribution is 2.26. The van der Waals surface area contributed by atoms with Crippen LogP contribution < -0.4 is 10.6 Å². The van der Waals surface area contributed by atoms with Crippen molar-refractivity contribution in [2.45, 2.75) is 0 Å². The van der Waals surface area contributed by atoms with Gasteiger partial charge in [0.2, 0.25) is 0 Å². The molecule has 1 saturated heterocycles. The molecule has 2 heterocycles. The van der Waals surface area contributed by atoms with Gasteiger partial charge in [0, 0.05) is 43.3 Å². The van der Waals surface area contributed by atoms with Crippen LogP contribution >= 0.6 is 0 Å². The Kier molecular flexibility index (Phi) is 3.80. The molecule has 0 atom stereocenters. The first-order valence-corrected chi connectivity index (χ1v) is 8.29. The summed E-state index contributed by atoms with van der Waals surface area (Å²) in [7, 11) is 0. The van der Waals surface area contributed by atoms with Gasteiger partial charge >= 0.3 is 0 Å². The van der Waals surface area contributed by atoms with Crippen LogP contribution in [0.25, 0.3) is 10.9 Å². The second-order valence-corrected chi connectivity index (χ2v) is 6.23. The molecule has 3 N–H and O–H groups in total. The van der Waals surface area contributed by atoms with Crippen molar-refractivity contribution in [2.75, 3.05) is 36.8 Å². The highest BCUT2D eigenvalue weighted by molar-refractivity contribution is 6.06. The second-order valence-electron chi connectivity index (χ2n) is 6.23. The smallest absolute Gasteiger partial charge is 0.256 e. The fourth-order valence-electron chi connectivity index (χ4n) is 3.36. The number of aromatic nitrogens is 1. The number of nitrogens with zero attached hydrogens (tertiary/aromatic N) is 2. The molecular weight excluding hydrogens is 319 g/mol. The second kappa shape index (κ2) is 6.12. The summed E-state index contributed by atoms with van der Waals surface area (Å²) in [5.41, 5.74) is 8.85. The number of piperazine rings is 1. The molecule has 4 rings (SSSR count). The number of hydrogen-bond donors (Lipinski definition) is 2. The first-order chi connectivity index (χ1) is 12.1. The molecule has 25 heavy (non-hydrogen) atoms. The van der Waals surface area contributed by atoms with Crippen molar-refractivity contribution in [3.8, 4) is 0 Å². The average molecular weight is 338 g/mol. The molecule has 1 aromatic heterocycles. The van der Waals surface area contributed by atoms with E-state index in [-0.39, 0.29) is 11.7 Å². The third kappa shape index (κ3) is 2.80. The Morgan fingerprint density at radius 2 is 1.84 bits per heavy atom. The molecule has 5 nitrogen and oxygen atoms in total. The molecule has 1 aliphatic rings. The van der Waals surface area contributed by atoms with Crippen LogP contribution in [0.2, 0.25) is 0 Å². The largest absolute Gasteiger partial charge is 0.397 e. The molecule has 0 spiro atoms. The molecule has 128 valence electrons. The number of benzene rings is 2. The summed E-state index contributed by atoms with van der Waals surface area (Å²) in [6.45, 7) is 2.41. The van der Waals surface area contributed by atoms with Crippen molar-refractivity contribution in [3.63, 3.8) is 0 Å². The minimum atomic E-state index is -0.304. The van der Waals surface area contributed by atoms with Gasteiger partial charge in [0.1, 0.15) is 5.82 Å². The van der Waals surface area contributed by atoms with Crippen molar-refractivity contribution in [1.29, 1.82) is 0 Å². The Hall–Kier alpha value is -3.02. The number of rotatable bonds is 2. The lowest BCUT2D eigenvalue weighted by molar-refractivity contribution is 0.0749. The van der Waals surface area contributed by atoms with E-state index in [4.69, 9.17) is 5.73 Å². The van der Waals surface area contributed by atoms with E-state index in [0.29, 0.717) is 43.1 Å². The van der Waals surface area contributed by atoms with Gasteiger partial charge in [-0.05, 0) is 24.3 Å². The van der Waals surface area contributed by atoms with Crippen molar-refractivity contribution >= 4 is 28.2 Å². The summed E-state index contributed by atoms with van der Waals surface area (Å²) in [5, 5.41) is 0.935. The van der Waals surface area contributed by atoms with Gasteiger partial charge < -0.3 is 20.5 Å². The number of nitrogens with two attached hydrogens (primary N) is 1. The number of aromatic amines is 1. The summed E-state index contributed by atoms with van der Waals surface area (Å²) in [4.78, 5) is 19.8. The molecule has 0 unspecified atom stereocenters. The average Bonchev–Trinajstić information content (AvgIpc) is 3.07. The van der Waals surface area contributed by atoms with Crippen LogP contribution in [0.4, 0.5) is 15.8 Å². The quantitative estimate of drug-likeness (QED) is 0.706. The zero-order valence-corrected chi connectivity index (χ0v) is 13.7. The van der Waals surface area contributed by atoms with E-state index in [1.807, 2.05) is 34.1 Å². The lowest BCUT2D eigenvalue weighted by atomic mass is 10.1. The molecular formula is C19H19FN4O. The molecule has 0 saturated carbocycles. The number of hydrogen-bond acceptors (Lipinski definition) is 3. The van der Waals surface area contributed by atoms with E-state index in [2.05, 4.69) is 4.98 Å². The zero-order valence-electron chi connectivity index (χ0n) is 13.7. The number of H-pyrrole nitrogens is 1. The van der Waals surface area contributed by atoms with Gasteiger partial charge in [-0.25, -0.2) is 4.39 Å². The van der Waals surface area contributed by atoms with Gasteiger partial charge in [0.05, 0.1) is 16.9 Å². The van der Waals surface area contributed by atoms with E-state index >= 15 is 0 Å². The van der Waals surface area contributed by atoms with Gasteiger partial charge in [0.15, 0.2) is 0 Å². The minimum absolute atomic E-state index is 0.0179. The van der Waals surface area contributed by atoms with Gasteiger partial charge in [-0.3, -0.25) is 4.79 Å². The molecule has 0 radical (unpaired) electrons. The number of nitrogens with one attached hydrogen (secondary N) is 1. The van der Waals surface area contributed by atoms with Gasteiger partial charge in [0.25, 0.3) is 5.91 Å². The van der Waals surface area contributed by atoms with Crippen LogP contribution in [-0.2, 0) is 0 Å². The van der Waals surface area contributed by atoms with E-state index < -0.39 is 0 Å². The molecule has 2 aromatic carbocycles. The molecule has 1 aliphatic heterocycles. The van der Waals surface area contributed by atoms with Crippen LogP contribution in [0.1, 0.15) is 10.4 Å². The van der Waals surface area contributed by atoms with Crippen molar-refractivity contribution in [3.05, 3.63) is 60.0 Å². The number of nitrogen functional groups attached to an aromatic ring is 1. The molecule has 0 aliphatic carbocycles. The van der Waals surface area contributed by atoms with Gasteiger partial charge in [-0.1, -0.05) is 18.2 Å².